The molecule has 1 aromatic heterocycles. The van der Waals surface area contributed by atoms with Crippen LogP contribution in [0.15, 0.2) is 0 Å². The predicted molar refractivity (Wildman–Crippen MR) is 48.9 cm³/mol. The fourth-order valence-electron chi connectivity index (χ4n) is 1.64. The highest BCUT2D eigenvalue weighted by Crippen LogP contribution is 2.29. The van der Waals surface area contributed by atoms with Gasteiger partial charge in [-0.2, -0.15) is 4.37 Å². The maximum absolute atomic E-state index is 10.9. The van der Waals surface area contributed by atoms with Crippen LogP contribution in [0.5, 0.6) is 0 Å². The smallest absolute Gasteiger partial charge is 0.312 e. The van der Waals surface area contributed by atoms with Crippen LogP contribution in [0.25, 0.3) is 0 Å². The zero-order valence-corrected chi connectivity index (χ0v) is 8.02. The molecule has 2 rings (SSSR count). The fraction of sp³-hybridized carbons (Fsp3) is 0.500. The van der Waals surface area contributed by atoms with Gasteiger partial charge in [0.25, 0.3) is 0 Å². The number of hydrogen-bond donors (Lipinski definition) is 2. The van der Waals surface area contributed by atoms with Crippen molar-refractivity contribution in [1.29, 1.82) is 0 Å². The molecular formula is C8H10N2O2S. The van der Waals surface area contributed by atoms with Crippen molar-refractivity contribution in [2.24, 2.45) is 0 Å². The Balaban J connectivity index is 2.46. The van der Waals surface area contributed by atoms with Crippen molar-refractivity contribution in [2.75, 3.05) is 6.54 Å². The Labute approximate surface area is 79.8 Å². The van der Waals surface area contributed by atoms with E-state index in [1.54, 1.807) is 0 Å². The van der Waals surface area contributed by atoms with Gasteiger partial charge in [0.2, 0.25) is 0 Å². The normalized spacial score (nSPS) is 21.2. The summed E-state index contributed by atoms with van der Waals surface area (Å²) in [7, 11) is 0. The molecule has 1 atom stereocenters. The van der Waals surface area contributed by atoms with E-state index in [-0.39, 0.29) is 0 Å². The molecule has 2 heterocycles. The summed E-state index contributed by atoms with van der Waals surface area (Å²) in [4.78, 5) is 12.0. The summed E-state index contributed by atoms with van der Waals surface area (Å²) in [5.74, 6) is -1.18. The number of carbonyl (C=O) groups is 1. The average molecular weight is 198 g/mol. The number of carboxylic acids is 1. The van der Waals surface area contributed by atoms with Gasteiger partial charge >= 0.3 is 5.97 Å². The molecule has 0 aliphatic carbocycles. The minimum Gasteiger partial charge on any atom is -0.481 e. The van der Waals surface area contributed by atoms with E-state index in [0.717, 1.165) is 22.7 Å². The molecule has 13 heavy (non-hydrogen) atoms. The van der Waals surface area contributed by atoms with Crippen LogP contribution in [0.3, 0.4) is 0 Å². The molecular weight excluding hydrogens is 188 g/mol. The highest BCUT2D eigenvalue weighted by Gasteiger charge is 2.29. The van der Waals surface area contributed by atoms with Crippen LogP contribution in [-0.2, 0) is 11.3 Å². The molecule has 0 saturated heterocycles. The van der Waals surface area contributed by atoms with Gasteiger partial charge in [-0.25, -0.2) is 0 Å². The number of nitrogens with one attached hydrogen (secondary N) is 1. The van der Waals surface area contributed by atoms with E-state index in [0.29, 0.717) is 6.54 Å². The molecule has 0 radical (unpaired) electrons. The summed E-state index contributed by atoms with van der Waals surface area (Å²) in [6.07, 6.45) is 0. The summed E-state index contributed by atoms with van der Waals surface area (Å²) < 4.78 is 4.17. The summed E-state index contributed by atoms with van der Waals surface area (Å²) in [5.41, 5.74) is 1.80. The molecule has 0 spiro atoms. The van der Waals surface area contributed by atoms with E-state index in [9.17, 15) is 4.79 Å². The Morgan fingerprint density at radius 1 is 1.77 bits per heavy atom. The molecule has 1 aromatic rings. The molecule has 0 amide bonds. The second kappa shape index (κ2) is 3.08. The minimum atomic E-state index is -0.767. The van der Waals surface area contributed by atoms with E-state index < -0.39 is 11.9 Å². The predicted octanol–water partition coefficient (Wildman–Crippen LogP) is 0.723. The molecule has 0 bridgehead atoms. The lowest BCUT2D eigenvalue weighted by Crippen LogP contribution is -2.31. The maximum atomic E-state index is 10.9. The molecule has 4 nitrogen and oxygen atoms in total. The Morgan fingerprint density at radius 2 is 2.54 bits per heavy atom. The lowest BCUT2D eigenvalue weighted by Gasteiger charge is -2.19. The summed E-state index contributed by atoms with van der Waals surface area (Å²) in [5, 5.41) is 12.0. The average Bonchev–Trinajstić information content (AvgIpc) is 2.48. The van der Waals surface area contributed by atoms with Crippen LogP contribution >= 0.6 is 11.5 Å². The third-order valence-corrected chi connectivity index (χ3v) is 3.21. The van der Waals surface area contributed by atoms with Crippen molar-refractivity contribution in [2.45, 2.75) is 19.4 Å². The summed E-state index contributed by atoms with van der Waals surface area (Å²) in [6, 6.07) is 0. The Hall–Kier alpha value is -0.940. The minimum absolute atomic E-state index is 0.414. The second-order valence-electron chi connectivity index (χ2n) is 3.13. The first-order valence-electron chi connectivity index (χ1n) is 4.08. The van der Waals surface area contributed by atoms with Gasteiger partial charge in [-0.3, -0.25) is 4.79 Å². The van der Waals surface area contributed by atoms with Crippen molar-refractivity contribution >= 4 is 17.5 Å². The fourth-order valence-corrected chi connectivity index (χ4v) is 2.54. The third-order valence-electron chi connectivity index (χ3n) is 2.26. The molecule has 1 unspecified atom stereocenters. The number of fused-ring (bicyclic) bond motifs is 1. The van der Waals surface area contributed by atoms with Crippen molar-refractivity contribution in [1.82, 2.24) is 9.69 Å². The lowest BCUT2D eigenvalue weighted by molar-refractivity contribution is -0.138. The van der Waals surface area contributed by atoms with Crippen LogP contribution in [-0.4, -0.2) is 22.0 Å². The first-order chi connectivity index (χ1) is 6.20. The van der Waals surface area contributed by atoms with Crippen molar-refractivity contribution < 1.29 is 9.90 Å². The number of hydrogen-bond acceptors (Lipinski definition) is 4. The zero-order valence-electron chi connectivity index (χ0n) is 7.20. The van der Waals surface area contributed by atoms with Crippen molar-refractivity contribution in [3.8, 4) is 0 Å². The number of aryl methyl sites for hydroxylation is 1. The van der Waals surface area contributed by atoms with Crippen LogP contribution in [0, 0.1) is 6.92 Å². The number of nitrogens with zero attached hydrogens (tertiary/aromatic N) is 1. The van der Waals surface area contributed by atoms with E-state index in [1.807, 2.05) is 6.92 Å². The van der Waals surface area contributed by atoms with Gasteiger partial charge in [-0.1, -0.05) is 0 Å². The Kier molecular flexibility index (Phi) is 2.05. The molecule has 0 saturated carbocycles. The topological polar surface area (TPSA) is 62.2 Å². The summed E-state index contributed by atoms with van der Waals surface area (Å²) in [6.45, 7) is 3.14. The third kappa shape index (κ3) is 1.34. The molecule has 0 fully saturated rings. The largest absolute Gasteiger partial charge is 0.481 e. The van der Waals surface area contributed by atoms with E-state index >= 15 is 0 Å². The first kappa shape index (κ1) is 8.65. The van der Waals surface area contributed by atoms with Crippen LogP contribution < -0.4 is 5.32 Å². The quantitative estimate of drug-likeness (QED) is 0.698. The highest BCUT2D eigenvalue weighted by atomic mass is 32.1. The standard InChI is InChI=1S/C8H10N2O2S/c1-4-7-5(8(11)12)2-9-3-6(7)13-10-4/h5,9H,2-3H2,1H3,(H,11,12). The molecule has 2 N–H and O–H groups in total. The molecule has 1 aliphatic heterocycles. The van der Waals surface area contributed by atoms with E-state index in [4.69, 9.17) is 5.11 Å². The van der Waals surface area contributed by atoms with Crippen LogP contribution in [0.2, 0.25) is 0 Å². The SMILES string of the molecule is Cc1nsc2c1C(C(=O)O)CNC2. The number of carboxylic acid groups (broad SMARTS) is 1. The lowest BCUT2D eigenvalue weighted by atomic mass is 9.95. The number of rotatable bonds is 1. The van der Waals surface area contributed by atoms with Gasteiger partial charge in [0.05, 0.1) is 11.6 Å². The zero-order chi connectivity index (χ0) is 9.42. The van der Waals surface area contributed by atoms with Gasteiger partial charge in [0.1, 0.15) is 0 Å². The van der Waals surface area contributed by atoms with Crippen LogP contribution in [0.1, 0.15) is 22.1 Å². The number of aromatic nitrogens is 1. The monoisotopic (exact) mass is 198 g/mol. The van der Waals surface area contributed by atoms with Crippen molar-refractivity contribution in [3.05, 3.63) is 16.1 Å². The van der Waals surface area contributed by atoms with E-state index in [1.165, 1.54) is 11.5 Å². The Bertz CT molecular complexity index is 348. The van der Waals surface area contributed by atoms with E-state index in [2.05, 4.69) is 9.69 Å². The Morgan fingerprint density at radius 3 is 3.23 bits per heavy atom. The molecule has 1 aliphatic rings. The summed E-state index contributed by atoms with van der Waals surface area (Å²) >= 11 is 1.40. The van der Waals surface area contributed by atoms with Gasteiger partial charge in [0, 0.05) is 23.5 Å². The van der Waals surface area contributed by atoms with Gasteiger partial charge in [0.15, 0.2) is 0 Å². The maximum Gasteiger partial charge on any atom is 0.312 e. The van der Waals surface area contributed by atoms with Crippen molar-refractivity contribution in [3.63, 3.8) is 0 Å². The second-order valence-corrected chi connectivity index (χ2v) is 3.98. The molecule has 5 heteroatoms. The van der Waals surface area contributed by atoms with Gasteiger partial charge < -0.3 is 10.4 Å². The highest BCUT2D eigenvalue weighted by molar-refractivity contribution is 7.06. The first-order valence-corrected chi connectivity index (χ1v) is 4.86. The molecule has 0 aromatic carbocycles. The van der Waals surface area contributed by atoms with Crippen LogP contribution in [0.4, 0.5) is 0 Å². The van der Waals surface area contributed by atoms with Gasteiger partial charge in [-0.05, 0) is 18.5 Å². The molecule has 70 valence electrons. The van der Waals surface area contributed by atoms with Gasteiger partial charge in [-0.15, -0.1) is 0 Å². The number of aliphatic carboxylic acids is 1.